The van der Waals surface area contributed by atoms with E-state index in [4.69, 9.17) is 9.15 Å². The van der Waals surface area contributed by atoms with E-state index >= 15 is 0 Å². The normalized spacial score (nSPS) is 11.7. The van der Waals surface area contributed by atoms with Crippen LogP contribution in [0.3, 0.4) is 0 Å². The first-order valence-corrected chi connectivity index (χ1v) is 9.42. The molecule has 2 N–H and O–H groups in total. The average molecular weight is 392 g/mol. The quantitative estimate of drug-likeness (QED) is 0.607. The minimum Gasteiger partial charge on any atom is -0.459 e. The number of hydrogen-bond acceptors (Lipinski definition) is 4. The van der Waals surface area contributed by atoms with E-state index < -0.39 is 11.9 Å². The third-order valence-electron chi connectivity index (χ3n) is 4.36. The van der Waals surface area contributed by atoms with Gasteiger partial charge in [-0.15, -0.1) is 0 Å². The minimum atomic E-state index is -0.698. The Morgan fingerprint density at radius 3 is 2.10 bits per heavy atom. The highest BCUT2D eigenvalue weighted by molar-refractivity contribution is 6.00. The van der Waals surface area contributed by atoms with E-state index in [-0.39, 0.29) is 17.6 Å². The molecule has 3 rings (SSSR count). The van der Waals surface area contributed by atoms with E-state index in [0.717, 1.165) is 11.3 Å². The van der Waals surface area contributed by atoms with Crippen molar-refractivity contribution >= 4 is 17.5 Å². The summed E-state index contributed by atoms with van der Waals surface area (Å²) in [5.41, 5.74) is 1.78. The van der Waals surface area contributed by atoms with E-state index in [9.17, 15) is 9.59 Å². The van der Waals surface area contributed by atoms with Gasteiger partial charge in [0.05, 0.1) is 6.26 Å². The molecule has 1 heterocycles. The monoisotopic (exact) mass is 392 g/mol. The van der Waals surface area contributed by atoms with Gasteiger partial charge >= 0.3 is 0 Å². The SMILES string of the molecule is Cc1ccc(Oc2ccc(NC(=O)C(NC(=O)c3ccco3)C(C)C)cc2)cc1. The van der Waals surface area contributed by atoms with Crippen LogP contribution in [-0.2, 0) is 4.79 Å². The number of ether oxygens (including phenoxy) is 1. The number of carbonyl (C=O) groups is 2. The van der Waals surface area contributed by atoms with Crippen LogP contribution < -0.4 is 15.4 Å². The molecule has 2 aromatic carbocycles. The maximum Gasteiger partial charge on any atom is 0.287 e. The van der Waals surface area contributed by atoms with Crippen LogP contribution in [0.2, 0.25) is 0 Å². The van der Waals surface area contributed by atoms with Gasteiger partial charge in [0.25, 0.3) is 5.91 Å². The number of carbonyl (C=O) groups excluding carboxylic acids is 2. The Morgan fingerprint density at radius 2 is 1.55 bits per heavy atom. The molecule has 0 saturated heterocycles. The molecular formula is C23H24N2O4. The van der Waals surface area contributed by atoms with Gasteiger partial charge in [-0.2, -0.15) is 0 Å². The van der Waals surface area contributed by atoms with Gasteiger partial charge in [0.1, 0.15) is 17.5 Å². The van der Waals surface area contributed by atoms with Crippen LogP contribution in [0.15, 0.2) is 71.3 Å². The lowest BCUT2D eigenvalue weighted by molar-refractivity contribution is -0.118. The second-order valence-electron chi connectivity index (χ2n) is 7.10. The van der Waals surface area contributed by atoms with Crippen LogP contribution in [0.5, 0.6) is 11.5 Å². The van der Waals surface area contributed by atoms with Crippen molar-refractivity contribution in [2.45, 2.75) is 26.8 Å². The molecule has 0 bridgehead atoms. The zero-order valence-corrected chi connectivity index (χ0v) is 16.6. The number of hydrogen-bond donors (Lipinski definition) is 2. The molecule has 6 heteroatoms. The first-order chi connectivity index (χ1) is 13.9. The molecule has 0 radical (unpaired) electrons. The molecule has 2 amide bonds. The Labute approximate surface area is 169 Å². The molecule has 1 unspecified atom stereocenters. The van der Waals surface area contributed by atoms with Gasteiger partial charge in [-0.3, -0.25) is 9.59 Å². The van der Waals surface area contributed by atoms with Crippen LogP contribution in [-0.4, -0.2) is 17.9 Å². The van der Waals surface area contributed by atoms with Crippen molar-refractivity contribution in [3.05, 3.63) is 78.3 Å². The fourth-order valence-corrected chi connectivity index (χ4v) is 2.72. The number of nitrogens with one attached hydrogen (secondary N) is 2. The van der Waals surface area contributed by atoms with Crippen LogP contribution in [0.4, 0.5) is 5.69 Å². The van der Waals surface area contributed by atoms with Crippen molar-refractivity contribution in [3.8, 4) is 11.5 Å². The lowest BCUT2D eigenvalue weighted by Gasteiger charge is -2.21. The smallest absolute Gasteiger partial charge is 0.287 e. The fraction of sp³-hybridized carbons (Fsp3) is 0.217. The Bertz CT molecular complexity index is 946. The molecule has 0 aliphatic rings. The summed E-state index contributed by atoms with van der Waals surface area (Å²) in [6.45, 7) is 5.75. The highest BCUT2D eigenvalue weighted by atomic mass is 16.5. The number of benzene rings is 2. The molecule has 6 nitrogen and oxygen atoms in total. The fourth-order valence-electron chi connectivity index (χ4n) is 2.72. The van der Waals surface area contributed by atoms with E-state index in [1.807, 2.05) is 45.0 Å². The molecule has 0 spiro atoms. The molecule has 3 aromatic rings. The molecule has 1 atom stereocenters. The molecule has 150 valence electrons. The predicted molar refractivity (Wildman–Crippen MR) is 111 cm³/mol. The topological polar surface area (TPSA) is 80.6 Å². The minimum absolute atomic E-state index is 0.0990. The summed E-state index contributed by atoms with van der Waals surface area (Å²) < 4.78 is 10.9. The Morgan fingerprint density at radius 1 is 0.931 bits per heavy atom. The Hall–Kier alpha value is -3.54. The van der Waals surface area contributed by atoms with Crippen LogP contribution in [0.1, 0.15) is 30.0 Å². The Kier molecular flexibility index (Phi) is 6.34. The summed E-state index contributed by atoms with van der Waals surface area (Å²) in [5.74, 6) is 0.753. The van der Waals surface area contributed by atoms with Crippen LogP contribution in [0, 0.1) is 12.8 Å². The second-order valence-corrected chi connectivity index (χ2v) is 7.10. The lowest BCUT2D eigenvalue weighted by atomic mass is 10.0. The summed E-state index contributed by atoms with van der Waals surface area (Å²) >= 11 is 0. The van der Waals surface area contributed by atoms with Gasteiger partial charge in [-0.05, 0) is 61.4 Å². The zero-order valence-electron chi connectivity index (χ0n) is 16.6. The van der Waals surface area contributed by atoms with Gasteiger partial charge in [-0.1, -0.05) is 31.5 Å². The van der Waals surface area contributed by atoms with Gasteiger partial charge in [0.2, 0.25) is 5.91 Å². The molecule has 0 aliphatic heterocycles. The molecule has 0 fully saturated rings. The molecule has 1 aromatic heterocycles. The largest absolute Gasteiger partial charge is 0.459 e. The summed E-state index contributed by atoms with van der Waals surface area (Å²) in [5, 5.41) is 5.55. The van der Waals surface area contributed by atoms with E-state index in [0.29, 0.717) is 11.4 Å². The summed E-state index contributed by atoms with van der Waals surface area (Å²) in [7, 11) is 0. The molecular weight excluding hydrogens is 368 g/mol. The number of rotatable bonds is 7. The first kappa shape index (κ1) is 20.2. The average Bonchev–Trinajstić information content (AvgIpc) is 3.24. The number of anilines is 1. The summed E-state index contributed by atoms with van der Waals surface area (Å²) in [4.78, 5) is 24.9. The van der Waals surface area contributed by atoms with Crippen molar-refractivity contribution in [1.29, 1.82) is 0 Å². The zero-order chi connectivity index (χ0) is 20.8. The maximum atomic E-state index is 12.7. The number of aryl methyl sites for hydroxylation is 1. The Balaban J connectivity index is 1.62. The van der Waals surface area contributed by atoms with Crippen molar-refractivity contribution in [3.63, 3.8) is 0 Å². The van der Waals surface area contributed by atoms with Crippen molar-refractivity contribution < 1.29 is 18.7 Å². The standard InChI is InChI=1S/C23H24N2O4/c1-15(2)21(25-22(26)20-5-4-14-28-20)23(27)24-17-8-12-19(13-9-17)29-18-10-6-16(3)7-11-18/h4-15,21H,1-3H3,(H,24,27)(H,25,26). The first-order valence-electron chi connectivity index (χ1n) is 9.42. The number of furan rings is 1. The van der Waals surface area contributed by atoms with Crippen molar-refractivity contribution in [2.24, 2.45) is 5.92 Å². The third kappa shape index (κ3) is 5.48. The van der Waals surface area contributed by atoms with Gasteiger partial charge in [0.15, 0.2) is 5.76 Å². The van der Waals surface area contributed by atoms with Crippen LogP contribution >= 0.6 is 0 Å². The van der Waals surface area contributed by atoms with Crippen molar-refractivity contribution in [2.75, 3.05) is 5.32 Å². The second kappa shape index (κ2) is 9.10. The lowest BCUT2D eigenvalue weighted by Crippen LogP contribution is -2.47. The van der Waals surface area contributed by atoms with E-state index in [2.05, 4.69) is 10.6 Å². The van der Waals surface area contributed by atoms with Gasteiger partial charge < -0.3 is 19.8 Å². The van der Waals surface area contributed by atoms with Gasteiger partial charge in [-0.25, -0.2) is 0 Å². The molecule has 0 saturated carbocycles. The van der Waals surface area contributed by atoms with Gasteiger partial charge in [0, 0.05) is 5.69 Å². The molecule has 0 aliphatic carbocycles. The summed E-state index contributed by atoms with van der Waals surface area (Å²) in [6.07, 6.45) is 1.42. The third-order valence-corrected chi connectivity index (χ3v) is 4.36. The predicted octanol–water partition coefficient (Wildman–Crippen LogP) is 4.77. The highest BCUT2D eigenvalue weighted by Gasteiger charge is 2.25. The summed E-state index contributed by atoms with van der Waals surface area (Å²) in [6, 6.07) is 17.3. The van der Waals surface area contributed by atoms with Crippen LogP contribution in [0.25, 0.3) is 0 Å². The molecule has 29 heavy (non-hydrogen) atoms. The highest BCUT2D eigenvalue weighted by Crippen LogP contribution is 2.23. The van der Waals surface area contributed by atoms with Crippen molar-refractivity contribution in [1.82, 2.24) is 5.32 Å². The maximum absolute atomic E-state index is 12.7. The van der Waals surface area contributed by atoms with E-state index in [1.165, 1.54) is 6.26 Å². The van der Waals surface area contributed by atoms with E-state index in [1.54, 1.807) is 36.4 Å². The number of amides is 2.